The molecule has 0 bridgehead atoms. The summed E-state index contributed by atoms with van der Waals surface area (Å²) in [5.74, 6) is 0.145. The first-order chi connectivity index (χ1) is 15.0. The molecule has 1 fully saturated rings. The lowest BCUT2D eigenvalue weighted by molar-refractivity contribution is -0.142. The van der Waals surface area contributed by atoms with E-state index in [2.05, 4.69) is 60.4 Å². The molecule has 0 amide bonds. The number of likely N-dealkylation sites (tertiary alicyclic amines) is 1. The third-order valence-corrected chi connectivity index (χ3v) is 6.19. The minimum absolute atomic E-state index is 0.365. The smallest absolute Gasteiger partial charge is 0.320 e. The average Bonchev–Trinajstić information content (AvgIpc) is 3.23. The Balaban J connectivity index is 1.44. The first kappa shape index (κ1) is 21.1. The Morgan fingerprint density at radius 3 is 2.61 bits per heavy atom. The molecule has 0 saturated carbocycles. The Kier molecular flexibility index (Phi) is 6.38. The van der Waals surface area contributed by atoms with E-state index >= 15 is 0 Å². The molecule has 0 aromatic heterocycles. The van der Waals surface area contributed by atoms with Gasteiger partial charge in [-0.05, 0) is 72.7 Å². The highest BCUT2D eigenvalue weighted by molar-refractivity contribution is 5.73. The summed E-state index contributed by atoms with van der Waals surface area (Å²) in [6.07, 6.45) is 1.68. The van der Waals surface area contributed by atoms with E-state index in [1.54, 1.807) is 0 Å². The van der Waals surface area contributed by atoms with E-state index < -0.39 is 5.97 Å². The maximum absolute atomic E-state index is 11.4. The first-order valence-corrected chi connectivity index (χ1v) is 10.9. The molecule has 3 aromatic carbocycles. The third kappa shape index (κ3) is 4.80. The highest BCUT2D eigenvalue weighted by Crippen LogP contribution is 2.28. The number of aryl methyl sites for hydroxylation is 1. The zero-order chi connectivity index (χ0) is 21.8. The van der Waals surface area contributed by atoms with Gasteiger partial charge in [0.15, 0.2) is 0 Å². The van der Waals surface area contributed by atoms with Crippen LogP contribution in [0.1, 0.15) is 35.1 Å². The number of carboxylic acids is 1. The van der Waals surface area contributed by atoms with E-state index in [0.717, 1.165) is 36.3 Å². The van der Waals surface area contributed by atoms with E-state index in [4.69, 9.17) is 4.74 Å². The van der Waals surface area contributed by atoms with Gasteiger partial charge in [-0.1, -0.05) is 60.7 Å². The third-order valence-electron chi connectivity index (χ3n) is 6.19. The van der Waals surface area contributed by atoms with Crippen molar-refractivity contribution in [3.63, 3.8) is 0 Å². The Bertz CT molecular complexity index is 1060. The van der Waals surface area contributed by atoms with Gasteiger partial charge in [-0.3, -0.25) is 9.69 Å². The van der Waals surface area contributed by atoms with Crippen LogP contribution in [0.5, 0.6) is 5.75 Å². The largest absolute Gasteiger partial charge is 0.489 e. The predicted molar refractivity (Wildman–Crippen MR) is 123 cm³/mol. The van der Waals surface area contributed by atoms with Crippen molar-refractivity contribution in [2.45, 2.75) is 45.9 Å². The number of ether oxygens (including phenoxy) is 1. The van der Waals surface area contributed by atoms with Crippen molar-refractivity contribution < 1.29 is 14.6 Å². The van der Waals surface area contributed by atoms with Gasteiger partial charge in [0.2, 0.25) is 0 Å². The predicted octanol–water partition coefficient (Wildman–Crippen LogP) is 5.60. The molecule has 160 valence electrons. The van der Waals surface area contributed by atoms with Gasteiger partial charge >= 0.3 is 5.97 Å². The summed E-state index contributed by atoms with van der Waals surface area (Å²) in [6.45, 7) is 6.21. The second-order valence-corrected chi connectivity index (χ2v) is 8.31. The van der Waals surface area contributed by atoms with E-state index in [1.165, 1.54) is 22.3 Å². The Hall–Kier alpha value is -3.11. The van der Waals surface area contributed by atoms with Crippen molar-refractivity contribution in [2.75, 3.05) is 6.54 Å². The maximum atomic E-state index is 11.4. The highest BCUT2D eigenvalue weighted by Gasteiger charge is 2.30. The van der Waals surface area contributed by atoms with Gasteiger partial charge in [-0.25, -0.2) is 0 Å². The molecule has 1 heterocycles. The van der Waals surface area contributed by atoms with Gasteiger partial charge in [-0.2, -0.15) is 0 Å². The summed E-state index contributed by atoms with van der Waals surface area (Å²) in [7, 11) is 0. The van der Waals surface area contributed by atoms with Crippen LogP contribution in [0.3, 0.4) is 0 Å². The van der Waals surface area contributed by atoms with Gasteiger partial charge in [0.1, 0.15) is 18.4 Å². The maximum Gasteiger partial charge on any atom is 0.320 e. The van der Waals surface area contributed by atoms with Crippen LogP contribution >= 0.6 is 0 Å². The van der Waals surface area contributed by atoms with Gasteiger partial charge in [-0.15, -0.1) is 0 Å². The summed E-state index contributed by atoms with van der Waals surface area (Å²) >= 11 is 0. The summed E-state index contributed by atoms with van der Waals surface area (Å²) in [5.41, 5.74) is 7.04. The summed E-state index contributed by atoms with van der Waals surface area (Å²) < 4.78 is 6.17. The number of aliphatic carboxylic acids is 1. The summed E-state index contributed by atoms with van der Waals surface area (Å²) in [4.78, 5) is 13.5. The van der Waals surface area contributed by atoms with Gasteiger partial charge in [0.05, 0.1) is 0 Å². The fraction of sp³-hybridized carbons (Fsp3) is 0.296. The monoisotopic (exact) mass is 415 g/mol. The number of carboxylic acid groups (broad SMARTS) is 1. The molecule has 1 N–H and O–H groups in total. The standard InChI is InChI=1S/C27H29NO3/c1-19-16-21(17-28-15-7-12-25(28)27(29)30)13-14-26(19)31-18-23-10-6-11-24(20(23)2)22-8-4-3-5-9-22/h3-6,8-11,13-14,16,25H,7,12,15,17-18H2,1-2H3,(H,29,30)/t25-/m0/s1. The second-order valence-electron chi connectivity index (χ2n) is 8.31. The lowest BCUT2D eigenvalue weighted by Crippen LogP contribution is -2.35. The van der Waals surface area contributed by atoms with Crippen LogP contribution in [0.2, 0.25) is 0 Å². The molecule has 4 rings (SSSR count). The summed E-state index contributed by atoms with van der Waals surface area (Å²) in [6, 6.07) is 22.6. The Labute approximate surface area is 184 Å². The highest BCUT2D eigenvalue weighted by atomic mass is 16.5. The topological polar surface area (TPSA) is 49.8 Å². The number of benzene rings is 3. The first-order valence-electron chi connectivity index (χ1n) is 10.9. The Morgan fingerprint density at radius 1 is 1.06 bits per heavy atom. The SMILES string of the molecule is Cc1cc(CN2CCC[C@H]2C(=O)O)ccc1OCc1cccc(-c2ccccc2)c1C. The molecule has 1 atom stereocenters. The van der Waals surface area contributed by atoms with Crippen molar-refractivity contribution >= 4 is 5.97 Å². The van der Waals surface area contributed by atoms with Crippen LogP contribution < -0.4 is 4.74 Å². The molecule has 0 aliphatic carbocycles. The van der Waals surface area contributed by atoms with Gasteiger partial charge in [0.25, 0.3) is 0 Å². The van der Waals surface area contributed by atoms with Crippen LogP contribution in [-0.2, 0) is 17.9 Å². The Morgan fingerprint density at radius 2 is 1.87 bits per heavy atom. The van der Waals surface area contributed by atoms with Gasteiger partial charge < -0.3 is 9.84 Å². The molecule has 1 aliphatic heterocycles. The van der Waals surface area contributed by atoms with Crippen LogP contribution in [0.4, 0.5) is 0 Å². The van der Waals surface area contributed by atoms with E-state index in [0.29, 0.717) is 13.2 Å². The molecule has 0 unspecified atom stereocenters. The molecule has 4 nitrogen and oxygen atoms in total. The molecule has 0 spiro atoms. The number of rotatable bonds is 7. The van der Waals surface area contributed by atoms with Crippen molar-refractivity contribution in [3.05, 3.63) is 89.0 Å². The van der Waals surface area contributed by atoms with Crippen molar-refractivity contribution in [1.29, 1.82) is 0 Å². The molecular formula is C27H29NO3. The molecular weight excluding hydrogens is 386 g/mol. The van der Waals surface area contributed by atoms with Crippen molar-refractivity contribution in [2.24, 2.45) is 0 Å². The van der Waals surface area contributed by atoms with E-state index in [9.17, 15) is 9.90 Å². The number of hydrogen-bond acceptors (Lipinski definition) is 3. The average molecular weight is 416 g/mol. The molecule has 31 heavy (non-hydrogen) atoms. The zero-order valence-corrected chi connectivity index (χ0v) is 18.2. The minimum Gasteiger partial charge on any atom is -0.489 e. The molecule has 1 aliphatic rings. The number of carbonyl (C=O) groups is 1. The number of nitrogens with zero attached hydrogens (tertiary/aromatic N) is 1. The fourth-order valence-electron chi connectivity index (χ4n) is 4.43. The molecule has 0 radical (unpaired) electrons. The minimum atomic E-state index is -0.720. The quantitative estimate of drug-likeness (QED) is 0.546. The van der Waals surface area contributed by atoms with Crippen LogP contribution in [0.25, 0.3) is 11.1 Å². The summed E-state index contributed by atoms with van der Waals surface area (Å²) in [5, 5.41) is 9.39. The molecule has 4 heteroatoms. The lowest BCUT2D eigenvalue weighted by atomic mass is 9.97. The normalized spacial score (nSPS) is 16.4. The van der Waals surface area contributed by atoms with E-state index in [1.807, 2.05) is 25.1 Å². The molecule has 3 aromatic rings. The van der Waals surface area contributed by atoms with Crippen molar-refractivity contribution in [3.8, 4) is 16.9 Å². The van der Waals surface area contributed by atoms with E-state index in [-0.39, 0.29) is 6.04 Å². The van der Waals surface area contributed by atoms with Crippen molar-refractivity contribution in [1.82, 2.24) is 4.90 Å². The van der Waals surface area contributed by atoms with Crippen LogP contribution in [0.15, 0.2) is 66.7 Å². The zero-order valence-electron chi connectivity index (χ0n) is 18.2. The number of hydrogen-bond donors (Lipinski definition) is 1. The van der Waals surface area contributed by atoms with Gasteiger partial charge in [0, 0.05) is 6.54 Å². The van der Waals surface area contributed by atoms with Crippen LogP contribution in [-0.4, -0.2) is 28.6 Å². The lowest BCUT2D eigenvalue weighted by Gasteiger charge is -2.21. The fourth-order valence-corrected chi connectivity index (χ4v) is 4.43. The molecule has 1 saturated heterocycles. The second kappa shape index (κ2) is 9.36. The van der Waals surface area contributed by atoms with Crippen LogP contribution in [0, 0.1) is 13.8 Å².